The Hall–Kier alpha value is -3.28. The van der Waals surface area contributed by atoms with Gasteiger partial charge in [-0.3, -0.25) is 9.78 Å². The maximum Gasteiger partial charge on any atom is 0.228 e. The minimum absolute atomic E-state index is 0.0354. The van der Waals surface area contributed by atoms with Crippen LogP contribution in [-0.4, -0.2) is 52.0 Å². The van der Waals surface area contributed by atoms with Gasteiger partial charge in [0.15, 0.2) is 5.82 Å². The van der Waals surface area contributed by atoms with E-state index in [2.05, 4.69) is 21.0 Å². The van der Waals surface area contributed by atoms with Crippen LogP contribution in [0.4, 0.5) is 10.3 Å². The molecular weight excluding hydrogens is 387 g/mol. The van der Waals surface area contributed by atoms with Crippen LogP contribution in [0.1, 0.15) is 31.4 Å². The van der Waals surface area contributed by atoms with Crippen molar-refractivity contribution < 1.29 is 13.9 Å². The molecule has 0 unspecified atom stereocenters. The predicted octanol–water partition coefficient (Wildman–Crippen LogP) is 2.16. The van der Waals surface area contributed by atoms with Crippen molar-refractivity contribution in [1.82, 2.24) is 19.9 Å². The van der Waals surface area contributed by atoms with Crippen LogP contribution in [0.25, 0.3) is 0 Å². The number of fused-ring (bicyclic) bond motifs is 1. The van der Waals surface area contributed by atoms with Gasteiger partial charge in [-0.25, -0.2) is 14.4 Å². The van der Waals surface area contributed by atoms with E-state index in [1.807, 2.05) is 18.7 Å². The van der Waals surface area contributed by atoms with Crippen molar-refractivity contribution in [2.45, 2.75) is 26.8 Å². The Morgan fingerprint density at radius 1 is 1.27 bits per heavy atom. The molecule has 0 aliphatic carbocycles. The molecule has 0 N–H and O–H groups in total. The molecule has 0 spiro atoms. The molecule has 1 saturated heterocycles. The van der Waals surface area contributed by atoms with Gasteiger partial charge in [0.05, 0.1) is 25.5 Å². The Labute approximate surface area is 174 Å². The van der Waals surface area contributed by atoms with E-state index in [0.29, 0.717) is 50.0 Å². The highest BCUT2D eigenvalue weighted by atomic mass is 19.1. The van der Waals surface area contributed by atoms with Crippen LogP contribution in [0, 0.1) is 28.5 Å². The summed E-state index contributed by atoms with van der Waals surface area (Å²) in [6.45, 7) is 6.40. The van der Waals surface area contributed by atoms with E-state index in [9.17, 15) is 14.4 Å². The first-order chi connectivity index (χ1) is 14.4. The highest BCUT2D eigenvalue weighted by Gasteiger charge is 2.43. The Morgan fingerprint density at radius 2 is 2.03 bits per heavy atom. The summed E-state index contributed by atoms with van der Waals surface area (Å²) in [5.74, 6) is 0.664. The quantitative estimate of drug-likeness (QED) is 0.765. The van der Waals surface area contributed by atoms with E-state index in [4.69, 9.17) is 4.74 Å². The van der Waals surface area contributed by atoms with Crippen molar-refractivity contribution in [3.05, 3.63) is 41.7 Å². The maximum atomic E-state index is 13.5. The van der Waals surface area contributed by atoms with Gasteiger partial charge in [0.25, 0.3) is 0 Å². The third-order valence-electron chi connectivity index (χ3n) is 6.00. The van der Waals surface area contributed by atoms with Gasteiger partial charge < -0.3 is 14.5 Å². The number of hydrogen-bond acceptors (Lipinski definition) is 7. The summed E-state index contributed by atoms with van der Waals surface area (Å²) < 4.78 is 18.9. The van der Waals surface area contributed by atoms with E-state index in [1.54, 1.807) is 11.1 Å². The van der Waals surface area contributed by atoms with Crippen molar-refractivity contribution in [2.75, 3.05) is 31.1 Å². The number of halogens is 1. The molecule has 1 amide bonds. The minimum Gasteiger partial charge on any atom is -0.490 e. The van der Waals surface area contributed by atoms with Crippen molar-refractivity contribution in [3.63, 3.8) is 0 Å². The van der Waals surface area contributed by atoms with Gasteiger partial charge >= 0.3 is 0 Å². The number of hydrogen-bond donors (Lipinski definition) is 0. The molecule has 9 heteroatoms. The fraction of sp³-hybridized carbons (Fsp3) is 0.476. The Bertz CT molecular complexity index is 988. The molecule has 8 nitrogen and oxygen atoms in total. The smallest absolute Gasteiger partial charge is 0.228 e. The number of amides is 1. The summed E-state index contributed by atoms with van der Waals surface area (Å²) in [6.07, 6.45) is 6.26. The lowest BCUT2D eigenvalue weighted by Crippen LogP contribution is -2.46. The summed E-state index contributed by atoms with van der Waals surface area (Å²) in [5.41, 5.74) is 0.509. The zero-order chi connectivity index (χ0) is 21.3. The van der Waals surface area contributed by atoms with Gasteiger partial charge in [-0.2, -0.15) is 5.26 Å². The number of carbonyl (C=O) groups is 1. The topological polar surface area (TPSA) is 95.2 Å². The minimum atomic E-state index is -0.612. The number of nitriles is 1. The Kier molecular flexibility index (Phi) is 5.24. The molecule has 2 aliphatic heterocycles. The lowest BCUT2D eigenvalue weighted by atomic mass is 9.77. The van der Waals surface area contributed by atoms with E-state index in [1.165, 1.54) is 6.20 Å². The number of ether oxygens (including phenoxy) is 1. The number of nitrogens with zero attached hydrogens (tertiary/aromatic N) is 6. The molecule has 4 heterocycles. The van der Waals surface area contributed by atoms with Crippen LogP contribution < -0.4 is 9.64 Å². The van der Waals surface area contributed by atoms with Crippen LogP contribution in [0.15, 0.2) is 24.8 Å². The molecule has 2 aromatic rings. The van der Waals surface area contributed by atoms with E-state index < -0.39 is 11.2 Å². The summed E-state index contributed by atoms with van der Waals surface area (Å²) in [7, 11) is 0. The molecule has 156 valence electrons. The SMILES string of the molecule is CC(C)(C(=O)N1CCOc2c(C#N)cncc2C1)[C@@H]1CCN(c2ncc(F)cn2)C1. The number of pyridine rings is 1. The number of aromatic nitrogens is 3. The highest BCUT2D eigenvalue weighted by molar-refractivity contribution is 5.82. The normalized spacial score (nSPS) is 18.9. The standard InChI is InChI=1S/C21H23FN6O2/c1-21(2,16-3-4-28(13-16)20-25-10-17(22)11-26-20)19(29)27-5-6-30-18-14(7-23)8-24-9-15(18)12-27/h8-11,16H,3-6,12-13H2,1-2H3/t16-/m1/s1. The molecule has 0 radical (unpaired) electrons. The van der Waals surface area contributed by atoms with E-state index in [0.717, 1.165) is 24.4 Å². The molecule has 2 aromatic heterocycles. The second kappa shape index (κ2) is 7.86. The zero-order valence-electron chi connectivity index (χ0n) is 17.0. The van der Waals surface area contributed by atoms with Crippen LogP contribution in [0.3, 0.4) is 0 Å². The van der Waals surface area contributed by atoms with Gasteiger partial charge in [-0.15, -0.1) is 0 Å². The summed E-state index contributed by atoms with van der Waals surface area (Å²) >= 11 is 0. The predicted molar refractivity (Wildman–Crippen MR) is 106 cm³/mol. The van der Waals surface area contributed by atoms with Crippen molar-refractivity contribution >= 4 is 11.9 Å². The number of anilines is 1. The molecule has 2 aliphatic rings. The average Bonchev–Trinajstić information content (AvgIpc) is 3.15. The zero-order valence-corrected chi connectivity index (χ0v) is 17.0. The lowest BCUT2D eigenvalue weighted by molar-refractivity contribution is -0.143. The van der Waals surface area contributed by atoms with Crippen molar-refractivity contribution in [1.29, 1.82) is 5.26 Å². The molecule has 1 fully saturated rings. The van der Waals surface area contributed by atoms with Gasteiger partial charge in [0, 0.05) is 36.5 Å². The van der Waals surface area contributed by atoms with E-state index >= 15 is 0 Å². The molecule has 0 aromatic carbocycles. The highest BCUT2D eigenvalue weighted by Crippen LogP contribution is 2.38. The van der Waals surface area contributed by atoms with Crippen LogP contribution in [0.5, 0.6) is 5.75 Å². The second-order valence-electron chi connectivity index (χ2n) is 8.22. The van der Waals surface area contributed by atoms with E-state index in [-0.39, 0.29) is 11.8 Å². The fourth-order valence-electron chi connectivity index (χ4n) is 4.15. The first-order valence-electron chi connectivity index (χ1n) is 9.92. The lowest BCUT2D eigenvalue weighted by Gasteiger charge is -2.35. The monoisotopic (exact) mass is 410 g/mol. The third-order valence-corrected chi connectivity index (χ3v) is 6.00. The van der Waals surface area contributed by atoms with Crippen LogP contribution in [0.2, 0.25) is 0 Å². The number of rotatable bonds is 3. The van der Waals surface area contributed by atoms with Crippen molar-refractivity contribution in [2.24, 2.45) is 11.3 Å². The maximum absolute atomic E-state index is 13.5. The number of carbonyl (C=O) groups excluding carboxylic acids is 1. The van der Waals surface area contributed by atoms with Gasteiger partial charge in [-0.1, -0.05) is 13.8 Å². The first kappa shape index (κ1) is 20.0. The Balaban J connectivity index is 1.49. The van der Waals surface area contributed by atoms with Crippen molar-refractivity contribution in [3.8, 4) is 11.8 Å². The summed E-state index contributed by atoms with van der Waals surface area (Å²) in [5, 5.41) is 9.28. The largest absolute Gasteiger partial charge is 0.490 e. The van der Waals surface area contributed by atoms with Gasteiger partial charge in [0.2, 0.25) is 11.9 Å². The third kappa shape index (κ3) is 3.65. The van der Waals surface area contributed by atoms with Crippen LogP contribution in [-0.2, 0) is 11.3 Å². The van der Waals surface area contributed by atoms with Gasteiger partial charge in [-0.05, 0) is 12.3 Å². The fourth-order valence-corrected chi connectivity index (χ4v) is 4.15. The summed E-state index contributed by atoms with van der Waals surface area (Å²) in [4.78, 5) is 29.5. The summed E-state index contributed by atoms with van der Waals surface area (Å²) in [6, 6.07) is 2.09. The second-order valence-corrected chi connectivity index (χ2v) is 8.22. The molecule has 30 heavy (non-hydrogen) atoms. The Morgan fingerprint density at radius 3 is 2.77 bits per heavy atom. The first-order valence-corrected chi connectivity index (χ1v) is 9.92. The molecule has 0 saturated carbocycles. The molecular formula is C21H23FN6O2. The van der Waals surface area contributed by atoms with Crippen LogP contribution >= 0.6 is 0 Å². The van der Waals surface area contributed by atoms with Gasteiger partial charge in [0.1, 0.15) is 24.0 Å². The molecule has 0 bridgehead atoms. The molecule has 4 rings (SSSR count). The molecule has 1 atom stereocenters. The average molecular weight is 410 g/mol.